The van der Waals surface area contributed by atoms with E-state index in [0.717, 1.165) is 35.1 Å². The highest BCUT2D eigenvalue weighted by Crippen LogP contribution is 2.51. The van der Waals surface area contributed by atoms with Gasteiger partial charge in [-0.15, -0.1) is 0 Å². The van der Waals surface area contributed by atoms with E-state index < -0.39 is 0 Å². The molecule has 0 radical (unpaired) electrons. The smallest absolute Gasteiger partial charge is 0.141 e. The highest BCUT2D eigenvalue weighted by molar-refractivity contribution is 5.89. The summed E-state index contributed by atoms with van der Waals surface area (Å²) in [6.07, 6.45) is 8.60. The summed E-state index contributed by atoms with van der Waals surface area (Å²) in [7, 11) is 0. The van der Waals surface area contributed by atoms with Crippen LogP contribution in [0.5, 0.6) is 0 Å². The molecule has 0 atom stereocenters. The van der Waals surface area contributed by atoms with Gasteiger partial charge >= 0.3 is 0 Å². The predicted molar refractivity (Wildman–Crippen MR) is 85.1 cm³/mol. The van der Waals surface area contributed by atoms with Crippen molar-refractivity contribution in [3.05, 3.63) is 31.0 Å². The van der Waals surface area contributed by atoms with Crippen molar-refractivity contribution >= 4 is 11.0 Å². The third kappa shape index (κ3) is 1.95. The Morgan fingerprint density at radius 3 is 3.00 bits per heavy atom. The third-order valence-corrected chi connectivity index (χ3v) is 4.78. The van der Waals surface area contributed by atoms with Crippen LogP contribution in [0, 0.1) is 16.7 Å². The third-order valence-electron chi connectivity index (χ3n) is 4.78. The summed E-state index contributed by atoms with van der Waals surface area (Å²) in [5, 5.41) is 14.7. The van der Waals surface area contributed by atoms with Gasteiger partial charge in [-0.1, -0.05) is 0 Å². The molecule has 0 amide bonds. The summed E-state index contributed by atoms with van der Waals surface area (Å²) in [6.45, 7) is 2.44. The Kier molecular flexibility index (Phi) is 2.80. The van der Waals surface area contributed by atoms with Gasteiger partial charge in [0.25, 0.3) is 0 Å². The fourth-order valence-electron chi connectivity index (χ4n) is 3.69. The van der Waals surface area contributed by atoms with E-state index in [1.165, 1.54) is 0 Å². The Hall–Kier alpha value is -2.72. The summed E-state index contributed by atoms with van der Waals surface area (Å²) < 4.78 is 1.90. The lowest BCUT2D eigenvalue weighted by atomic mass is 9.59. The van der Waals surface area contributed by atoms with Gasteiger partial charge in [-0.2, -0.15) is 10.4 Å². The van der Waals surface area contributed by atoms with Crippen LogP contribution in [0.25, 0.3) is 22.3 Å². The van der Waals surface area contributed by atoms with Crippen molar-refractivity contribution in [2.45, 2.75) is 25.3 Å². The zero-order valence-electron chi connectivity index (χ0n) is 12.8. The lowest BCUT2D eigenvalue weighted by molar-refractivity contribution is 0.0238. The summed E-state index contributed by atoms with van der Waals surface area (Å²) in [5.74, 6) is 0. The number of fused-ring (bicyclic) bond motifs is 1. The van der Waals surface area contributed by atoms with Crippen LogP contribution in [0.2, 0.25) is 0 Å². The maximum Gasteiger partial charge on any atom is 0.141 e. The molecule has 7 nitrogen and oxygen atoms in total. The molecule has 3 heterocycles. The maximum absolute atomic E-state index is 9.26. The molecule has 4 rings (SSSR count). The van der Waals surface area contributed by atoms with E-state index in [0.29, 0.717) is 6.54 Å². The number of aromatic nitrogens is 5. The number of hydrogen-bond donors (Lipinski definition) is 2. The van der Waals surface area contributed by atoms with Crippen LogP contribution in [0.15, 0.2) is 31.0 Å². The van der Waals surface area contributed by atoms with Crippen molar-refractivity contribution in [2.24, 2.45) is 11.1 Å². The molecule has 23 heavy (non-hydrogen) atoms. The van der Waals surface area contributed by atoms with E-state index in [1.54, 1.807) is 12.5 Å². The van der Waals surface area contributed by atoms with Gasteiger partial charge in [0.1, 0.15) is 12.0 Å². The highest BCUT2D eigenvalue weighted by Gasteiger charge is 2.53. The maximum atomic E-state index is 9.26. The first-order valence-electron chi connectivity index (χ1n) is 7.54. The van der Waals surface area contributed by atoms with Gasteiger partial charge in [-0.3, -0.25) is 4.68 Å². The second-order valence-electron chi connectivity index (χ2n) is 6.59. The van der Waals surface area contributed by atoms with E-state index in [-0.39, 0.29) is 11.0 Å². The van der Waals surface area contributed by atoms with Crippen molar-refractivity contribution in [2.75, 3.05) is 6.54 Å². The lowest BCUT2D eigenvalue weighted by Gasteiger charge is -2.50. The second-order valence-corrected chi connectivity index (χ2v) is 6.59. The van der Waals surface area contributed by atoms with E-state index >= 15 is 0 Å². The van der Waals surface area contributed by atoms with Crippen LogP contribution in [0.3, 0.4) is 0 Å². The van der Waals surface area contributed by atoms with Gasteiger partial charge in [-0.25, -0.2) is 9.97 Å². The van der Waals surface area contributed by atoms with Gasteiger partial charge in [0.2, 0.25) is 0 Å². The Balaban J connectivity index is 1.73. The largest absolute Gasteiger partial charge is 0.346 e. The molecule has 7 heteroatoms. The SMILES string of the molecule is CC1(C#N)CC(CN)(n2cc(-c3ncnc4[nH]ccc34)cn2)C1. The molecule has 116 valence electrons. The molecule has 3 N–H and O–H groups in total. The Morgan fingerprint density at radius 1 is 1.43 bits per heavy atom. The van der Waals surface area contributed by atoms with E-state index in [9.17, 15) is 5.26 Å². The second kappa shape index (κ2) is 4.64. The number of nitrogens with zero attached hydrogens (tertiary/aromatic N) is 5. The first kappa shape index (κ1) is 13.9. The molecule has 0 aliphatic heterocycles. The van der Waals surface area contributed by atoms with Crippen molar-refractivity contribution in [3.8, 4) is 17.3 Å². The fraction of sp³-hybridized carbons (Fsp3) is 0.375. The van der Waals surface area contributed by atoms with Crippen molar-refractivity contribution in [1.82, 2.24) is 24.7 Å². The van der Waals surface area contributed by atoms with Crippen LogP contribution in [-0.2, 0) is 5.54 Å². The molecule has 0 saturated heterocycles. The Morgan fingerprint density at radius 2 is 2.26 bits per heavy atom. The van der Waals surface area contributed by atoms with E-state index in [1.807, 2.05) is 30.1 Å². The number of nitriles is 1. The minimum Gasteiger partial charge on any atom is -0.346 e. The predicted octanol–water partition coefficient (Wildman–Crippen LogP) is 1.80. The van der Waals surface area contributed by atoms with Gasteiger partial charge in [0, 0.05) is 29.9 Å². The summed E-state index contributed by atoms with van der Waals surface area (Å²) >= 11 is 0. The normalized spacial score (nSPS) is 26.8. The molecular formula is C16H17N7. The quantitative estimate of drug-likeness (QED) is 0.766. The van der Waals surface area contributed by atoms with Crippen molar-refractivity contribution < 1.29 is 0 Å². The molecule has 1 saturated carbocycles. The highest BCUT2D eigenvalue weighted by atomic mass is 15.3. The molecule has 0 aromatic carbocycles. The number of H-pyrrole nitrogens is 1. The minimum absolute atomic E-state index is 0.271. The topological polar surface area (TPSA) is 109 Å². The lowest BCUT2D eigenvalue weighted by Crippen LogP contribution is -2.56. The Labute approximate surface area is 133 Å². The zero-order chi connectivity index (χ0) is 16.1. The molecule has 3 aromatic heterocycles. The van der Waals surface area contributed by atoms with Crippen LogP contribution in [0.4, 0.5) is 0 Å². The number of rotatable bonds is 3. The monoisotopic (exact) mass is 307 g/mol. The summed E-state index contributed by atoms with van der Waals surface area (Å²) in [6, 6.07) is 4.33. The van der Waals surface area contributed by atoms with E-state index in [4.69, 9.17) is 5.73 Å². The van der Waals surface area contributed by atoms with Crippen LogP contribution >= 0.6 is 0 Å². The zero-order valence-corrected chi connectivity index (χ0v) is 12.8. The molecule has 0 bridgehead atoms. The molecule has 1 fully saturated rings. The van der Waals surface area contributed by atoms with E-state index in [2.05, 4.69) is 26.1 Å². The van der Waals surface area contributed by atoms with Crippen LogP contribution in [-0.4, -0.2) is 31.3 Å². The first-order valence-corrected chi connectivity index (χ1v) is 7.54. The van der Waals surface area contributed by atoms with Crippen molar-refractivity contribution in [1.29, 1.82) is 5.26 Å². The standard InChI is InChI=1S/C16H17N7/c1-15(8-17)6-16(7-15,9-18)23-5-11(4-22-23)13-12-2-3-19-14(12)21-10-20-13/h2-5,10H,6-7,9,18H2,1H3,(H,19,20,21). The number of hydrogen-bond acceptors (Lipinski definition) is 5. The number of nitrogens with one attached hydrogen (secondary N) is 1. The number of nitrogens with two attached hydrogens (primary N) is 1. The van der Waals surface area contributed by atoms with Gasteiger partial charge in [0.05, 0.1) is 28.9 Å². The molecule has 3 aromatic rings. The van der Waals surface area contributed by atoms with Crippen LogP contribution < -0.4 is 5.73 Å². The van der Waals surface area contributed by atoms with Crippen LogP contribution in [0.1, 0.15) is 19.8 Å². The Bertz CT molecular complexity index is 908. The average Bonchev–Trinajstić information content (AvgIpc) is 3.20. The first-order chi connectivity index (χ1) is 11.1. The number of aromatic amines is 1. The molecule has 0 unspecified atom stereocenters. The molecule has 1 aliphatic carbocycles. The van der Waals surface area contributed by atoms with Crippen molar-refractivity contribution in [3.63, 3.8) is 0 Å². The summed E-state index contributed by atoms with van der Waals surface area (Å²) in [4.78, 5) is 11.7. The summed E-state index contributed by atoms with van der Waals surface area (Å²) in [5.41, 5.74) is 7.99. The fourth-order valence-corrected chi connectivity index (χ4v) is 3.69. The van der Waals surface area contributed by atoms with Gasteiger partial charge < -0.3 is 10.7 Å². The minimum atomic E-state index is -0.311. The van der Waals surface area contributed by atoms with Gasteiger partial charge in [0.15, 0.2) is 0 Å². The average molecular weight is 307 g/mol. The van der Waals surface area contributed by atoms with Gasteiger partial charge in [-0.05, 0) is 25.8 Å². The molecular weight excluding hydrogens is 290 g/mol. The molecule has 0 spiro atoms. The molecule has 1 aliphatic rings.